The van der Waals surface area contributed by atoms with Crippen LogP contribution in [0.25, 0.3) is 6.08 Å². The summed E-state index contributed by atoms with van der Waals surface area (Å²) in [5, 5.41) is 3.58. The number of hydrogen-bond donors (Lipinski definition) is 2. The number of nitrogens with one attached hydrogen (secondary N) is 2. The lowest BCUT2D eigenvalue weighted by Crippen LogP contribution is -2.35. The van der Waals surface area contributed by atoms with Gasteiger partial charge in [0.25, 0.3) is 17.7 Å². The summed E-state index contributed by atoms with van der Waals surface area (Å²) >= 11 is 3.37. The summed E-state index contributed by atoms with van der Waals surface area (Å²) in [6.07, 6.45) is 1.36. The van der Waals surface area contributed by atoms with Crippen LogP contribution in [0.5, 0.6) is 11.5 Å². The number of carbonyl (C=O) groups is 3. The van der Waals surface area contributed by atoms with Crippen LogP contribution in [0.15, 0.2) is 76.8 Å². The Morgan fingerprint density at radius 1 is 1.11 bits per heavy atom. The number of amides is 3. The van der Waals surface area contributed by atoms with Crippen molar-refractivity contribution >= 4 is 51.1 Å². The molecule has 1 saturated heterocycles. The first-order valence-electron chi connectivity index (χ1n) is 10.3. The molecule has 1 heterocycles. The van der Waals surface area contributed by atoms with Gasteiger partial charge in [-0.05, 0) is 42.5 Å². The maximum absolute atomic E-state index is 13.8. The molecular formula is C25H19BrFN3O5. The van der Waals surface area contributed by atoms with Gasteiger partial charge in [-0.1, -0.05) is 46.3 Å². The second-order valence-electron chi connectivity index (χ2n) is 7.32. The minimum Gasteiger partial charge on any atom is -0.493 e. The van der Waals surface area contributed by atoms with E-state index in [2.05, 4.69) is 26.7 Å². The molecule has 3 aromatic rings. The lowest BCUT2D eigenvalue weighted by molar-refractivity contribution is -0.118. The smallest absolute Gasteiger partial charge is 0.282 e. The highest BCUT2D eigenvalue weighted by Gasteiger charge is 2.34. The Kier molecular flexibility index (Phi) is 7.11. The number of carbonyl (C=O) groups excluding carboxylic acids is 3. The zero-order valence-electron chi connectivity index (χ0n) is 18.4. The Morgan fingerprint density at radius 2 is 1.83 bits per heavy atom. The fourth-order valence-corrected chi connectivity index (χ4v) is 3.82. The van der Waals surface area contributed by atoms with E-state index >= 15 is 0 Å². The zero-order valence-corrected chi connectivity index (χ0v) is 20.0. The lowest BCUT2D eigenvalue weighted by atomic mass is 10.1. The number of halogens is 2. The second kappa shape index (κ2) is 10.4. The van der Waals surface area contributed by atoms with E-state index in [1.165, 1.54) is 31.4 Å². The molecule has 3 aromatic carbocycles. The van der Waals surface area contributed by atoms with Gasteiger partial charge in [-0.15, -0.1) is 0 Å². The van der Waals surface area contributed by atoms with E-state index in [4.69, 9.17) is 9.47 Å². The molecule has 0 saturated carbocycles. The standard InChI is InChI=1S/C25H19BrFN3O5/c1-34-21-13-16(26)11-15(23(21)35-14-22(31)28-20-10-6-5-9-19(20)27)12-18-24(32)29-30(25(18)33)17-7-3-2-4-8-17/h2-13H,14H2,1H3,(H,28,31)(H,29,32)/b18-12+. The molecule has 0 bridgehead atoms. The molecule has 3 amide bonds. The first-order chi connectivity index (χ1) is 16.9. The van der Waals surface area contributed by atoms with E-state index in [1.807, 2.05) is 0 Å². The number of hydrazine groups is 1. The van der Waals surface area contributed by atoms with Gasteiger partial charge in [0.2, 0.25) is 0 Å². The van der Waals surface area contributed by atoms with Gasteiger partial charge in [-0.2, -0.15) is 0 Å². The fourth-order valence-electron chi connectivity index (χ4n) is 3.36. The molecule has 1 fully saturated rings. The fraction of sp³-hybridized carbons (Fsp3) is 0.0800. The minimum atomic E-state index is -0.608. The summed E-state index contributed by atoms with van der Waals surface area (Å²) in [5.41, 5.74) is 3.24. The number of para-hydroxylation sites is 2. The molecule has 178 valence electrons. The van der Waals surface area contributed by atoms with Crippen molar-refractivity contribution in [3.05, 3.63) is 88.2 Å². The van der Waals surface area contributed by atoms with E-state index in [0.717, 1.165) is 5.01 Å². The Labute approximate surface area is 208 Å². The first kappa shape index (κ1) is 24.0. The highest BCUT2D eigenvalue weighted by molar-refractivity contribution is 9.10. The summed E-state index contributed by atoms with van der Waals surface area (Å²) < 4.78 is 25.5. The van der Waals surface area contributed by atoms with Crippen LogP contribution in [0.2, 0.25) is 0 Å². The van der Waals surface area contributed by atoms with Crippen LogP contribution in [0.1, 0.15) is 5.56 Å². The molecule has 0 unspecified atom stereocenters. The van der Waals surface area contributed by atoms with Crippen molar-refractivity contribution in [2.75, 3.05) is 24.0 Å². The molecule has 0 aliphatic carbocycles. The van der Waals surface area contributed by atoms with Crippen molar-refractivity contribution in [3.63, 3.8) is 0 Å². The predicted octanol–water partition coefficient (Wildman–Crippen LogP) is 4.08. The molecule has 0 atom stereocenters. The van der Waals surface area contributed by atoms with Crippen molar-refractivity contribution in [1.29, 1.82) is 0 Å². The van der Waals surface area contributed by atoms with E-state index in [0.29, 0.717) is 15.7 Å². The summed E-state index contributed by atoms with van der Waals surface area (Å²) in [4.78, 5) is 37.9. The van der Waals surface area contributed by atoms with Crippen LogP contribution in [0.4, 0.5) is 15.8 Å². The van der Waals surface area contributed by atoms with Crippen molar-refractivity contribution in [1.82, 2.24) is 5.43 Å². The third kappa shape index (κ3) is 5.33. The van der Waals surface area contributed by atoms with Gasteiger partial charge in [0.1, 0.15) is 11.4 Å². The van der Waals surface area contributed by atoms with Gasteiger partial charge in [0.15, 0.2) is 18.1 Å². The van der Waals surface area contributed by atoms with Gasteiger partial charge >= 0.3 is 0 Å². The number of nitrogens with zero attached hydrogens (tertiary/aromatic N) is 1. The molecular weight excluding hydrogens is 521 g/mol. The van der Waals surface area contributed by atoms with Crippen molar-refractivity contribution in [2.24, 2.45) is 0 Å². The van der Waals surface area contributed by atoms with Gasteiger partial charge in [-0.25, -0.2) is 9.40 Å². The van der Waals surface area contributed by atoms with Crippen LogP contribution in [0.3, 0.4) is 0 Å². The summed E-state index contributed by atoms with van der Waals surface area (Å²) in [5.74, 6) is -1.95. The van der Waals surface area contributed by atoms with Crippen molar-refractivity contribution in [2.45, 2.75) is 0 Å². The molecule has 8 nitrogen and oxygen atoms in total. The van der Waals surface area contributed by atoms with Crippen molar-refractivity contribution in [3.8, 4) is 11.5 Å². The SMILES string of the molecule is COc1cc(Br)cc(/C=C2\C(=O)NN(c3ccccc3)C2=O)c1OCC(=O)Nc1ccccc1F. The lowest BCUT2D eigenvalue weighted by Gasteiger charge is -2.15. The first-order valence-corrected chi connectivity index (χ1v) is 11.1. The number of anilines is 2. The Balaban J connectivity index is 1.61. The molecule has 1 aliphatic rings. The van der Waals surface area contributed by atoms with Crippen LogP contribution in [-0.4, -0.2) is 31.4 Å². The highest BCUT2D eigenvalue weighted by atomic mass is 79.9. The van der Waals surface area contributed by atoms with Crippen LogP contribution in [-0.2, 0) is 14.4 Å². The summed E-state index contributed by atoms with van der Waals surface area (Å²) in [6.45, 7) is -0.473. The van der Waals surface area contributed by atoms with Crippen LogP contribution in [0, 0.1) is 5.82 Å². The molecule has 4 rings (SSSR count). The summed E-state index contributed by atoms with van der Waals surface area (Å²) in [6, 6.07) is 17.6. The van der Waals surface area contributed by atoms with E-state index in [1.54, 1.807) is 48.5 Å². The number of methoxy groups -OCH3 is 1. The largest absolute Gasteiger partial charge is 0.493 e. The van der Waals surface area contributed by atoms with E-state index in [-0.39, 0.29) is 22.8 Å². The average molecular weight is 540 g/mol. The maximum atomic E-state index is 13.8. The molecule has 2 N–H and O–H groups in total. The van der Waals surface area contributed by atoms with Gasteiger partial charge in [-0.3, -0.25) is 19.8 Å². The third-order valence-electron chi connectivity index (χ3n) is 4.97. The molecule has 0 radical (unpaired) electrons. The van der Waals surface area contributed by atoms with E-state index in [9.17, 15) is 18.8 Å². The number of benzene rings is 3. The molecule has 1 aliphatic heterocycles. The van der Waals surface area contributed by atoms with Crippen LogP contribution >= 0.6 is 15.9 Å². The number of hydrogen-bond acceptors (Lipinski definition) is 5. The predicted molar refractivity (Wildman–Crippen MR) is 131 cm³/mol. The van der Waals surface area contributed by atoms with Gasteiger partial charge < -0.3 is 14.8 Å². The topological polar surface area (TPSA) is 97.0 Å². The summed E-state index contributed by atoms with van der Waals surface area (Å²) in [7, 11) is 1.41. The maximum Gasteiger partial charge on any atom is 0.282 e. The van der Waals surface area contributed by atoms with Crippen LogP contribution < -0.4 is 25.2 Å². The van der Waals surface area contributed by atoms with Gasteiger partial charge in [0.05, 0.1) is 18.5 Å². The molecule has 0 aromatic heterocycles. The Morgan fingerprint density at radius 3 is 2.54 bits per heavy atom. The second-order valence-corrected chi connectivity index (χ2v) is 8.23. The van der Waals surface area contributed by atoms with Crippen molar-refractivity contribution < 1.29 is 28.2 Å². The molecule has 0 spiro atoms. The molecule has 10 heteroatoms. The zero-order chi connectivity index (χ0) is 24.9. The Bertz CT molecular complexity index is 1330. The highest BCUT2D eigenvalue weighted by Crippen LogP contribution is 2.37. The van der Waals surface area contributed by atoms with E-state index < -0.39 is 30.1 Å². The molecule has 35 heavy (non-hydrogen) atoms. The normalized spacial score (nSPS) is 14.1. The van der Waals surface area contributed by atoms with Gasteiger partial charge in [0, 0.05) is 10.0 Å². The number of ether oxygens (including phenoxy) is 2. The quantitative estimate of drug-likeness (QED) is 0.348. The minimum absolute atomic E-state index is 0.0143. The Hall–Kier alpha value is -4.18. The average Bonchev–Trinajstić information content (AvgIpc) is 3.13. The number of rotatable bonds is 7. The monoisotopic (exact) mass is 539 g/mol. The third-order valence-corrected chi connectivity index (χ3v) is 5.43.